The summed E-state index contributed by atoms with van der Waals surface area (Å²) in [4.78, 5) is 0. The van der Waals surface area contributed by atoms with E-state index >= 15 is 0 Å². The topological polar surface area (TPSA) is 29.4 Å². The van der Waals surface area contributed by atoms with Crippen LogP contribution in [0.3, 0.4) is 0 Å². The van der Waals surface area contributed by atoms with Crippen LogP contribution in [0.5, 0.6) is 0 Å². The Kier molecular flexibility index (Phi) is 4.93. The standard InChI is InChI=1S/C12H15BrClNOS/c1-8(15-17(16)12(2,3)4)10-6-5-9(13)7-11(10)14/h5-7H,1-4H3. The first kappa shape index (κ1) is 14.9. The van der Waals surface area contributed by atoms with E-state index in [0.29, 0.717) is 10.7 Å². The molecule has 1 rings (SSSR count). The van der Waals surface area contributed by atoms with Gasteiger partial charge in [-0.1, -0.05) is 33.6 Å². The zero-order valence-corrected chi connectivity index (χ0v) is 13.4. The van der Waals surface area contributed by atoms with Crippen LogP contribution < -0.4 is 0 Å². The van der Waals surface area contributed by atoms with Crippen LogP contribution in [0.4, 0.5) is 0 Å². The van der Waals surface area contributed by atoms with Crippen molar-refractivity contribution < 1.29 is 4.21 Å². The summed E-state index contributed by atoms with van der Waals surface area (Å²) in [6, 6.07) is 5.56. The Morgan fingerprint density at radius 3 is 2.47 bits per heavy atom. The number of hydrogen-bond acceptors (Lipinski definition) is 1. The number of hydrogen-bond donors (Lipinski definition) is 0. The molecule has 0 aliphatic carbocycles. The lowest BCUT2D eigenvalue weighted by Gasteiger charge is -2.14. The average Bonchev–Trinajstić information content (AvgIpc) is 2.15. The number of halogens is 2. The summed E-state index contributed by atoms with van der Waals surface area (Å²) in [5, 5.41) is 0.603. The van der Waals surface area contributed by atoms with Gasteiger partial charge in [-0.2, -0.15) is 4.40 Å². The third kappa shape index (κ3) is 4.19. The van der Waals surface area contributed by atoms with Crippen molar-refractivity contribution in [2.75, 3.05) is 0 Å². The summed E-state index contributed by atoms with van der Waals surface area (Å²) in [6.45, 7) is 7.49. The van der Waals surface area contributed by atoms with Gasteiger partial charge in [-0.3, -0.25) is 0 Å². The van der Waals surface area contributed by atoms with Crippen LogP contribution >= 0.6 is 27.5 Å². The number of rotatable bonds is 2. The highest BCUT2D eigenvalue weighted by Gasteiger charge is 2.19. The molecule has 0 aliphatic heterocycles. The molecule has 0 aliphatic rings. The normalized spacial score (nSPS) is 14.8. The summed E-state index contributed by atoms with van der Waals surface area (Å²) < 4.78 is 16.7. The average molecular weight is 337 g/mol. The Labute approximate surface area is 118 Å². The third-order valence-electron chi connectivity index (χ3n) is 2.06. The van der Waals surface area contributed by atoms with Crippen LogP contribution in [-0.4, -0.2) is 14.7 Å². The first-order chi connectivity index (χ1) is 7.71. The fraction of sp³-hybridized carbons (Fsp3) is 0.417. The highest BCUT2D eigenvalue weighted by Crippen LogP contribution is 2.23. The lowest BCUT2D eigenvalue weighted by molar-refractivity contribution is 0.650. The summed E-state index contributed by atoms with van der Waals surface area (Å²) >= 11 is 9.46. The quantitative estimate of drug-likeness (QED) is 0.737. The molecule has 1 atom stereocenters. The van der Waals surface area contributed by atoms with Gasteiger partial charge in [-0.25, -0.2) is 4.21 Å². The van der Waals surface area contributed by atoms with E-state index in [1.165, 1.54) is 0 Å². The summed E-state index contributed by atoms with van der Waals surface area (Å²) in [5.74, 6) is 0. The van der Waals surface area contributed by atoms with Gasteiger partial charge in [0, 0.05) is 10.0 Å². The minimum absolute atomic E-state index is 0.358. The van der Waals surface area contributed by atoms with Crippen LogP contribution in [0.1, 0.15) is 33.3 Å². The van der Waals surface area contributed by atoms with Crippen LogP contribution in [0.2, 0.25) is 5.02 Å². The second-order valence-corrected chi connectivity index (χ2v) is 7.89. The highest BCUT2D eigenvalue weighted by atomic mass is 79.9. The van der Waals surface area contributed by atoms with E-state index in [4.69, 9.17) is 11.6 Å². The zero-order chi connectivity index (χ0) is 13.2. The van der Waals surface area contributed by atoms with Crippen molar-refractivity contribution in [2.24, 2.45) is 4.40 Å². The minimum Gasteiger partial charge on any atom is -0.234 e. The predicted octanol–water partition coefficient (Wildman–Crippen LogP) is 4.37. The molecule has 1 unspecified atom stereocenters. The molecule has 1 aromatic carbocycles. The van der Waals surface area contributed by atoms with Crippen molar-refractivity contribution in [3.8, 4) is 0 Å². The first-order valence-corrected chi connectivity index (χ1v) is 7.42. The summed E-state index contributed by atoms with van der Waals surface area (Å²) in [7, 11) is -1.26. The fourth-order valence-corrected chi connectivity index (χ4v) is 2.52. The Balaban J connectivity index is 3.09. The molecule has 2 nitrogen and oxygen atoms in total. The highest BCUT2D eigenvalue weighted by molar-refractivity contribution is 9.10. The maximum Gasteiger partial charge on any atom is 0.145 e. The summed E-state index contributed by atoms with van der Waals surface area (Å²) in [6.07, 6.45) is 0. The van der Waals surface area contributed by atoms with Crippen molar-refractivity contribution in [1.29, 1.82) is 0 Å². The van der Waals surface area contributed by atoms with Gasteiger partial charge in [0.15, 0.2) is 0 Å². The monoisotopic (exact) mass is 335 g/mol. The minimum atomic E-state index is -1.26. The van der Waals surface area contributed by atoms with Gasteiger partial charge in [0.05, 0.1) is 15.5 Å². The number of nitrogens with zero attached hydrogens (tertiary/aromatic N) is 1. The molecule has 0 aromatic heterocycles. The molecule has 0 N–H and O–H groups in total. The van der Waals surface area contributed by atoms with E-state index in [2.05, 4.69) is 20.3 Å². The van der Waals surface area contributed by atoms with Crippen LogP contribution in [0.25, 0.3) is 0 Å². The van der Waals surface area contributed by atoms with Gasteiger partial charge >= 0.3 is 0 Å². The van der Waals surface area contributed by atoms with Gasteiger partial charge in [0.2, 0.25) is 0 Å². The largest absolute Gasteiger partial charge is 0.234 e. The molecule has 0 saturated heterocycles. The maximum atomic E-state index is 11.9. The van der Waals surface area contributed by atoms with Crippen LogP contribution in [-0.2, 0) is 11.0 Å². The molecule has 5 heteroatoms. The molecule has 0 radical (unpaired) electrons. The molecule has 0 heterocycles. The zero-order valence-electron chi connectivity index (χ0n) is 10.3. The van der Waals surface area contributed by atoms with E-state index in [-0.39, 0.29) is 4.75 Å². The SMILES string of the molecule is CC(=NS(=O)C(C)(C)C)c1ccc(Br)cc1Cl. The van der Waals surface area contributed by atoms with Crippen LogP contribution in [0.15, 0.2) is 27.1 Å². The van der Waals surface area contributed by atoms with Crippen molar-refractivity contribution >= 4 is 44.2 Å². The maximum absolute atomic E-state index is 11.9. The van der Waals surface area contributed by atoms with Gasteiger partial charge in [0.1, 0.15) is 11.0 Å². The van der Waals surface area contributed by atoms with E-state index in [1.807, 2.05) is 39.8 Å². The lowest BCUT2D eigenvalue weighted by atomic mass is 10.1. The van der Waals surface area contributed by atoms with Crippen molar-refractivity contribution in [3.63, 3.8) is 0 Å². The second-order valence-electron chi connectivity index (χ2n) is 4.66. The van der Waals surface area contributed by atoms with E-state index in [0.717, 1.165) is 10.0 Å². The van der Waals surface area contributed by atoms with E-state index in [9.17, 15) is 4.21 Å². The predicted molar refractivity (Wildman–Crippen MR) is 79.3 cm³/mol. The Bertz CT molecular complexity index is 480. The van der Waals surface area contributed by atoms with Gasteiger partial charge < -0.3 is 0 Å². The molecule has 94 valence electrons. The molecular weight excluding hydrogens is 322 g/mol. The molecule has 17 heavy (non-hydrogen) atoms. The summed E-state index contributed by atoms with van der Waals surface area (Å²) in [5.41, 5.74) is 1.50. The lowest BCUT2D eigenvalue weighted by Crippen LogP contribution is -2.20. The van der Waals surface area contributed by atoms with Crippen LogP contribution in [0, 0.1) is 0 Å². The third-order valence-corrected chi connectivity index (χ3v) is 4.36. The van der Waals surface area contributed by atoms with Gasteiger partial charge in [0.25, 0.3) is 0 Å². The molecule has 0 saturated carbocycles. The Morgan fingerprint density at radius 1 is 1.41 bits per heavy atom. The Morgan fingerprint density at radius 2 is 2.00 bits per heavy atom. The van der Waals surface area contributed by atoms with E-state index < -0.39 is 11.0 Å². The van der Waals surface area contributed by atoms with Crippen molar-refractivity contribution in [3.05, 3.63) is 33.3 Å². The van der Waals surface area contributed by atoms with Gasteiger partial charge in [-0.05, 0) is 39.8 Å². The second kappa shape index (κ2) is 5.63. The Hall–Kier alpha value is -0.190. The first-order valence-electron chi connectivity index (χ1n) is 5.14. The molecule has 0 amide bonds. The molecule has 0 fully saturated rings. The fourth-order valence-electron chi connectivity index (χ4n) is 1.09. The molecular formula is C12H15BrClNOS. The van der Waals surface area contributed by atoms with Crippen molar-refractivity contribution in [2.45, 2.75) is 32.4 Å². The molecule has 0 bridgehead atoms. The van der Waals surface area contributed by atoms with Crippen molar-refractivity contribution in [1.82, 2.24) is 0 Å². The smallest absolute Gasteiger partial charge is 0.145 e. The van der Waals surface area contributed by atoms with E-state index in [1.54, 1.807) is 6.07 Å². The number of benzene rings is 1. The van der Waals surface area contributed by atoms with Gasteiger partial charge in [-0.15, -0.1) is 0 Å². The molecule has 0 spiro atoms. The molecule has 1 aromatic rings.